The number of aromatic nitrogens is 1. The number of nitrogens with one attached hydrogen (secondary N) is 1. The normalized spacial score (nSPS) is 10.3. The molecular weight excluding hydrogens is 234 g/mol. The van der Waals surface area contributed by atoms with Crippen LogP contribution in [0.25, 0.3) is 0 Å². The van der Waals surface area contributed by atoms with Crippen LogP contribution in [0.1, 0.15) is 18.1 Å². The first-order valence-corrected chi connectivity index (χ1v) is 6.63. The summed E-state index contributed by atoms with van der Waals surface area (Å²) < 4.78 is 0. The second kappa shape index (κ2) is 5.74. The van der Waals surface area contributed by atoms with E-state index in [4.69, 9.17) is 0 Å². The highest BCUT2D eigenvalue weighted by atomic mass is 15.2. The van der Waals surface area contributed by atoms with Gasteiger partial charge < -0.3 is 10.2 Å². The van der Waals surface area contributed by atoms with Crippen LogP contribution >= 0.6 is 0 Å². The molecule has 0 fully saturated rings. The molecule has 100 valence electrons. The van der Waals surface area contributed by atoms with Gasteiger partial charge in [-0.05, 0) is 44.5 Å². The maximum atomic E-state index is 4.62. The van der Waals surface area contributed by atoms with E-state index in [0.717, 1.165) is 18.2 Å². The van der Waals surface area contributed by atoms with Crippen molar-refractivity contribution in [3.8, 4) is 0 Å². The topological polar surface area (TPSA) is 28.2 Å². The average Bonchev–Trinajstić information content (AvgIpc) is 2.39. The molecule has 0 aliphatic heterocycles. The highest BCUT2D eigenvalue weighted by Crippen LogP contribution is 2.26. The lowest BCUT2D eigenvalue weighted by molar-refractivity contribution is 1.09. The lowest BCUT2D eigenvalue weighted by Gasteiger charge is -2.21. The molecule has 3 heteroatoms. The van der Waals surface area contributed by atoms with Crippen molar-refractivity contribution in [2.24, 2.45) is 0 Å². The summed E-state index contributed by atoms with van der Waals surface area (Å²) >= 11 is 0. The van der Waals surface area contributed by atoms with Crippen LogP contribution < -0.4 is 10.2 Å². The summed E-state index contributed by atoms with van der Waals surface area (Å²) in [5, 5.41) is 3.24. The summed E-state index contributed by atoms with van der Waals surface area (Å²) in [6.07, 6.45) is 0. The van der Waals surface area contributed by atoms with E-state index in [1.807, 2.05) is 18.2 Å². The highest BCUT2D eigenvalue weighted by Gasteiger charge is 2.08. The number of nitrogens with zero attached hydrogens (tertiary/aromatic N) is 2. The Hall–Kier alpha value is -2.03. The summed E-state index contributed by atoms with van der Waals surface area (Å²) in [5.74, 6) is 1.86. The van der Waals surface area contributed by atoms with Crippen LogP contribution in [-0.2, 0) is 0 Å². The van der Waals surface area contributed by atoms with Crippen molar-refractivity contribution in [2.75, 3.05) is 23.8 Å². The van der Waals surface area contributed by atoms with E-state index in [9.17, 15) is 0 Å². The molecule has 1 N–H and O–H groups in total. The fourth-order valence-corrected chi connectivity index (χ4v) is 2.19. The van der Waals surface area contributed by atoms with Crippen LogP contribution in [0, 0.1) is 13.8 Å². The van der Waals surface area contributed by atoms with Gasteiger partial charge in [0.05, 0.1) is 0 Å². The summed E-state index contributed by atoms with van der Waals surface area (Å²) in [7, 11) is 2.05. The van der Waals surface area contributed by atoms with Gasteiger partial charge in [-0.25, -0.2) is 4.98 Å². The van der Waals surface area contributed by atoms with E-state index in [0.29, 0.717) is 0 Å². The van der Waals surface area contributed by atoms with Crippen molar-refractivity contribution in [2.45, 2.75) is 20.8 Å². The Morgan fingerprint density at radius 3 is 2.63 bits per heavy atom. The molecule has 1 aromatic heterocycles. The molecule has 19 heavy (non-hydrogen) atoms. The van der Waals surface area contributed by atoms with Crippen LogP contribution in [0.3, 0.4) is 0 Å². The highest BCUT2D eigenvalue weighted by molar-refractivity contribution is 5.64. The van der Waals surface area contributed by atoms with Gasteiger partial charge in [-0.2, -0.15) is 0 Å². The van der Waals surface area contributed by atoms with Crippen LogP contribution in [-0.4, -0.2) is 18.6 Å². The van der Waals surface area contributed by atoms with Crippen molar-refractivity contribution in [3.63, 3.8) is 0 Å². The first-order valence-electron chi connectivity index (χ1n) is 6.63. The Labute approximate surface area is 115 Å². The molecule has 1 heterocycles. The lowest BCUT2D eigenvalue weighted by atomic mass is 10.1. The number of hydrogen-bond acceptors (Lipinski definition) is 3. The zero-order chi connectivity index (χ0) is 13.8. The first kappa shape index (κ1) is 13.4. The minimum atomic E-state index is 0.879. The minimum Gasteiger partial charge on any atom is -0.370 e. The van der Waals surface area contributed by atoms with E-state index < -0.39 is 0 Å². The Morgan fingerprint density at radius 2 is 1.95 bits per heavy atom. The van der Waals surface area contributed by atoms with Crippen LogP contribution in [0.4, 0.5) is 17.3 Å². The lowest BCUT2D eigenvalue weighted by Crippen LogP contribution is -2.13. The van der Waals surface area contributed by atoms with Crippen molar-refractivity contribution in [3.05, 3.63) is 47.5 Å². The van der Waals surface area contributed by atoms with Gasteiger partial charge in [0.25, 0.3) is 0 Å². The number of hydrogen-bond donors (Lipinski definition) is 1. The van der Waals surface area contributed by atoms with E-state index in [2.05, 4.69) is 61.2 Å². The van der Waals surface area contributed by atoms with Gasteiger partial charge in [0.1, 0.15) is 11.6 Å². The van der Waals surface area contributed by atoms with Crippen LogP contribution in [0.2, 0.25) is 0 Å². The zero-order valence-electron chi connectivity index (χ0n) is 12.1. The SMILES string of the molecule is CCNc1cccc(N(C)c2ccc(C)cc2C)n1. The van der Waals surface area contributed by atoms with Gasteiger partial charge in [0.15, 0.2) is 0 Å². The van der Waals surface area contributed by atoms with E-state index in [-0.39, 0.29) is 0 Å². The molecule has 2 aromatic rings. The Bertz CT molecular complexity index is 564. The summed E-state index contributed by atoms with van der Waals surface area (Å²) in [6.45, 7) is 7.19. The van der Waals surface area contributed by atoms with Gasteiger partial charge in [-0.15, -0.1) is 0 Å². The van der Waals surface area contributed by atoms with Gasteiger partial charge in [0.2, 0.25) is 0 Å². The molecule has 0 aliphatic rings. The molecule has 1 aromatic carbocycles. The number of rotatable bonds is 4. The Kier molecular flexibility index (Phi) is 4.05. The third kappa shape index (κ3) is 3.05. The molecule has 3 nitrogen and oxygen atoms in total. The predicted molar refractivity (Wildman–Crippen MR) is 82.4 cm³/mol. The Morgan fingerprint density at radius 1 is 1.16 bits per heavy atom. The molecule has 0 atom stereocenters. The first-order chi connectivity index (χ1) is 9.11. The molecule has 2 rings (SSSR count). The van der Waals surface area contributed by atoms with Gasteiger partial charge in [0, 0.05) is 19.3 Å². The third-order valence-electron chi connectivity index (χ3n) is 3.15. The molecule has 0 aliphatic carbocycles. The second-order valence-electron chi connectivity index (χ2n) is 4.76. The van der Waals surface area contributed by atoms with Crippen molar-refractivity contribution in [1.29, 1.82) is 0 Å². The van der Waals surface area contributed by atoms with Gasteiger partial charge in [-0.1, -0.05) is 23.8 Å². The maximum absolute atomic E-state index is 4.62. The summed E-state index contributed by atoms with van der Waals surface area (Å²) in [5.41, 5.74) is 3.73. The van der Waals surface area contributed by atoms with E-state index in [1.165, 1.54) is 16.8 Å². The maximum Gasteiger partial charge on any atom is 0.135 e. The summed E-state index contributed by atoms with van der Waals surface area (Å²) in [6, 6.07) is 12.5. The zero-order valence-corrected chi connectivity index (χ0v) is 12.1. The molecule has 0 saturated heterocycles. The van der Waals surface area contributed by atoms with Gasteiger partial charge in [-0.3, -0.25) is 0 Å². The van der Waals surface area contributed by atoms with Crippen LogP contribution in [0.15, 0.2) is 36.4 Å². The second-order valence-corrected chi connectivity index (χ2v) is 4.76. The predicted octanol–water partition coefficient (Wildman–Crippen LogP) is 3.90. The minimum absolute atomic E-state index is 0.879. The molecule has 0 spiro atoms. The number of anilines is 3. The largest absolute Gasteiger partial charge is 0.370 e. The fourth-order valence-electron chi connectivity index (χ4n) is 2.19. The molecule has 0 radical (unpaired) electrons. The smallest absolute Gasteiger partial charge is 0.135 e. The molecule has 0 unspecified atom stereocenters. The standard InChI is InChI=1S/C16H21N3/c1-5-17-15-7-6-8-16(18-15)19(4)14-10-9-12(2)11-13(14)3/h6-11H,5H2,1-4H3,(H,17,18). The van der Waals surface area contributed by atoms with E-state index in [1.54, 1.807) is 0 Å². The molecular formula is C16H21N3. The number of aryl methyl sites for hydroxylation is 2. The fraction of sp³-hybridized carbons (Fsp3) is 0.312. The average molecular weight is 255 g/mol. The summed E-state index contributed by atoms with van der Waals surface area (Å²) in [4.78, 5) is 6.74. The van der Waals surface area contributed by atoms with Crippen LogP contribution in [0.5, 0.6) is 0 Å². The number of pyridine rings is 1. The van der Waals surface area contributed by atoms with Crippen molar-refractivity contribution < 1.29 is 0 Å². The van der Waals surface area contributed by atoms with Crippen molar-refractivity contribution >= 4 is 17.3 Å². The van der Waals surface area contributed by atoms with E-state index >= 15 is 0 Å². The quantitative estimate of drug-likeness (QED) is 0.898. The Balaban J connectivity index is 2.32. The molecule has 0 saturated carbocycles. The van der Waals surface area contributed by atoms with Crippen molar-refractivity contribution in [1.82, 2.24) is 4.98 Å². The van der Waals surface area contributed by atoms with Gasteiger partial charge >= 0.3 is 0 Å². The molecule has 0 bridgehead atoms. The third-order valence-corrected chi connectivity index (χ3v) is 3.15. The monoisotopic (exact) mass is 255 g/mol. The number of benzene rings is 1. The molecule has 0 amide bonds.